The summed E-state index contributed by atoms with van der Waals surface area (Å²) in [4.78, 5) is 1.41. The Kier molecular flexibility index (Phi) is 3.71. The van der Waals surface area contributed by atoms with E-state index in [1.54, 1.807) is 0 Å². The number of quaternary nitrogens is 1. The molecular formula is C13H20NS+. The van der Waals surface area contributed by atoms with Gasteiger partial charge in [0.1, 0.15) is 5.88 Å². The third-order valence-electron chi connectivity index (χ3n) is 3.18. The average Bonchev–Trinajstić information content (AvgIpc) is 2.29. The van der Waals surface area contributed by atoms with Crippen LogP contribution in [-0.4, -0.2) is 30.5 Å². The molecule has 1 fully saturated rings. The van der Waals surface area contributed by atoms with E-state index in [0.717, 1.165) is 0 Å². The molecule has 0 amide bonds. The van der Waals surface area contributed by atoms with E-state index in [1.165, 1.54) is 47.6 Å². The van der Waals surface area contributed by atoms with Crippen molar-refractivity contribution < 1.29 is 4.48 Å². The molecule has 0 N–H and O–H groups in total. The number of likely N-dealkylation sites (tertiary alicyclic amines) is 1. The summed E-state index contributed by atoms with van der Waals surface area (Å²) in [5.74, 6) is 1.23. The lowest BCUT2D eigenvalue weighted by molar-refractivity contribution is -0.901. The Morgan fingerprint density at radius 3 is 2.40 bits per heavy atom. The van der Waals surface area contributed by atoms with Crippen molar-refractivity contribution in [2.24, 2.45) is 0 Å². The van der Waals surface area contributed by atoms with Crippen molar-refractivity contribution in [2.75, 3.05) is 26.0 Å². The number of nitrogens with zero attached hydrogens (tertiary/aromatic N) is 1. The molecule has 0 bridgehead atoms. The SMILES string of the molecule is C[N+]1(CSc2ccccc2)CCCCC1. The van der Waals surface area contributed by atoms with Crippen molar-refractivity contribution in [2.45, 2.75) is 24.2 Å². The van der Waals surface area contributed by atoms with Gasteiger partial charge < -0.3 is 4.48 Å². The molecule has 2 heteroatoms. The minimum Gasteiger partial charge on any atom is -0.317 e. The van der Waals surface area contributed by atoms with Gasteiger partial charge in [-0.15, -0.1) is 0 Å². The van der Waals surface area contributed by atoms with Crippen molar-refractivity contribution in [3.8, 4) is 0 Å². The Bertz CT molecular complexity index is 291. The molecule has 0 atom stereocenters. The zero-order valence-corrected chi connectivity index (χ0v) is 10.3. The first kappa shape index (κ1) is 11.0. The van der Waals surface area contributed by atoms with Crippen LogP contribution < -0.4 is 0 Å². The maximum atomic E-state index is 2.40. The molecule has 15 heavy (non-hydrogen) atoms. The molecule has 82 valence electrons. The Morgan fingerprint density at radius 2 is 1.73 bits per heavy atom. The van der Waals surface area contributed by atoms with Crippen molar-refractivity contribution in [3.05, 3.63) is 30.3 Å². The lowest BCUT2D eigenvalue weighted by Gasteiger charge is -2.37. The van der Waals surface area contributed by atoms with E-state index in [4.69, 9.17) is 0 Å². The molecule has 1 aromatic rings. The summed E-state index contributed by atoms with van der Waals surface area (Å²) in [6, 6.07) is 10.7. The molecule has 1 nitrogen and oxygen atoms in total. The van der Waals surface area contributed by atoms with Gasteiger partial charge in [0.05, 0.1) is 20.1 Å². The number of rotatable bonds is 3. The fraction of sp³-hybridized carbons (Fsp3) is 0.538. The minimum absolute atomic E-state index is 1.23. The Labute approximate surface area is 97.1 Å². The molecule has 0 spiro atoms. The molecule has 0 saturated carbocycles. The summed E-state index contributed by atoms with van der Waals surface area (Å²) in [7, 11) is 2.40. The average molecular weight is 222 g/mol. The van der Waals surface area contributed by atoms with Crippen LogP contribution in [0.3, 0.4) is 0 Å². The lowest BCUT2D eigenvalue weighted by atomic mass is 10.1. The second-order valence-corrected chi connectivity index (χ2v) is 5.73. The van der Waals surface area contributed by atoms with Crippen LogP contribution in [0.15, 0.2) is 35.2 Å². The topological polar surface area (TPSA) is 0 Å². The number of thioether (sulfide) groups is 1. The van der Waals surface area contributed by atoms with Crippen LogP contribution in [0.2, 0.25) is 0 Å². The monoisotopic (exact) mass is 222 g/mol. The van der Waals surface area contributed by atoms with Crippen LogP contribution in [0.25, 0.3) is 0 Å². The highest BCUT2D eigenvalue weighted by atomic mass is 32.2. The van der Waals surface area contributed by atoms with Gasteiger partial charge in [0.15, 0.2) is 0 Å². The van der Waals surface area contributed by atoms with E-state index in [2.05, 4.69) is 37.4 Å². The molecule has 1 aromatic carbocycles. The second-order valence-electron chi connectivity index (χ2n) is 4.71. The van der Waals surface area contributed by atoms with Gasteiger partial charge in [-0.05, 0) is 31.4 Å². The first-order valence-electron chi connectivity index (χ1n) is 5.80. The fourth-order valence-electron chi connectivity index (χ4n) is 2.15. The molecule has 0 radical (unpaired) electrons. The van der Waals surface area contributed by atoms with Crippen LogP contribution in [-0.2, 0) is 0 Å². The Balaban J connectivity index is 1.87. The third-order valence-corrected chi connectivity index (χ3v) is 4.54. The summed E-state index contributed by atoms with van der Waals surface area (Å²) in [6.45, 7) is 2.72. The van der Waals surface area contributed by atoms with Crippen LogP contribution in [0.1, 0.15) is 19.3 Å². The highest BCUT2D eigenvalue weighted by molar-refractivity contribution is 7.99. The highest BCUT2D eigenvalue weighted by Gasteiger charge is 2.24. The normalized spacial score (nSPS) is 20.1. The smallest absolute Gasteiger partial charge is 0.130 e. The van der Waals surface area contributed by atoms with Crippen LogP contribution in [0.4, 0.5) is 0 Å². The van der Waals surface area contributed by atoms with E-state index in [9.17, 15) is 0 Å². The zero-order chi connectivity index (χ0) is 10.6. The van der Waals surface area contributed by atoms with Gasteiger partial charge in [-0.3, -0.25) is 0 Å². The largest absolute Gasteiger partial charge is 0.317 e. The molecule has 0 aromatic heterocycles. The zero-order valence-electron chi connectivity index (χ0n) is 9.48. The molecule has 0 unspecified atom stereocenters. The maximum Gasteiger partial charge on any atom is 0.130 e. The first-order chi connectivity index (χ1) is 7.29. The van der Waals surface area contributed by atoms with Crippen LogP contribution in [0, 0.1) is 0 Å². The molecule has 1 aliphatic rings. The van der Waals surface area contributed by atoms with Gasteiger partial charge in [0, 0.05) is 4.90 Å². The van der Waals surface area contributed by atoms with Gasteiger partial charge in [-0.2, -0.15) is 0 Å². The fourth-order valence-corrected chi connectivity index (χ4v) is 3.22. The van der Waals surface area contributed by atoms with Gasteiger partial charge in [-0.25, -0.2) is 0 Å². The van der Waals surface area contributed by atoms with Gasteiger partial charge in [0.2, 0.25) is 0 Å². The number of piperidine rings is 1. The molecule has 1 heterocycles. The summed E-state index contributed by atoms with van der Waals surface area (Å²) in [5, 5.41) is 0. The first-order valence-corrected chi connectivity index (χ1v) is 6.78. The van der Waals surface area contributed by atoms with Crippen LogP contribution >= 0.6 is 11.8 Å². The maximum absolute atomic E-state index is 2.40. The van der Waals surface area contributed by atoms with Gasteiger partial charge in [-0.1, -0.05) is 30.0 Å². The summed E-state index contributed by atoms with van der Waals surface area (Å²) >= 11 is 2.00. The molecule has 1 aliphatic heterocycles. The molecule has 0 aliphatic carbocycles. The van der Waals surface area contributed by atoms with Crippen molar-refractivity contribution in [3.63, 3.8) is 0 Å². The van der Waals surface area contributed by atoms with E-state index in [0.29, 0.717) is 0 Å². The number of benzene rings is 1. The van der Waals surface area contributed by atoms with E-state index >= 15 is 0 Å². The van der Waals surface area contributed by atoms with Crippen molar-refractivity contribution in [1.29, 1.82) is 0 Å². The number of hydrogen-bond acceptors (Lipinski definition) is 1. The van der Waals surface area contributed by atoms with E-state index < -0.39 is 0 Å². The third kappa shape index (κ3) is 3.25. The summed E-state index contributed by atoms with van der Waals surface area (Å²) in [5.41, 5.74) is 0. The lowest BCUT2D eigenvalue weighted by Crippen LogP contribution is -2.47. The molecule has 1 saturated heterocycles. The van der Waals surface area contributed by atoms with Crippen molar-refractivity contribution in [1.82, 2.24) is 0 Å². The molecular weight excluding hydrogens is 202 g/mol. The summed E-state index contributed by atoms with van der Waals surface area (Å²) in [6.07, 6.45) is 4.25. The summed E-state index contributed by atoms with van der Waals surface area (Å²) < 4.78 is 1.25. The highest BCUT2D eigenvalue weighted by Crippen LogP contribution is 2.24. The number of hydrogen-bond donors (Lipinski definition) is 0. The van der Waals surface area contributed by atoms with E-state index in [-0.39, 0.29) is 0 Å². The second kappa shape index (κ2) is 5.04. The minimum atomic E-state index is 1.23. The van der Waals surface area contributed by atoms with Gasteiger partial charge in [0.25, 0.3) is 0 Å². The Morgan fingerprint density at radius 1 is 1.07 bits per heavy atom. The van der Waals surface area contributed by atoms with Crippen LogP contribution in [0.5, 0.6) is 0 Å². The predicted octanol–water partition coefficient (Wildman–Crippen LogP) is 3.37. The quantitative estimate of drug-likeness (QED) is 0.558. The predicted molar refractivity (Wildman–Crippen MR) is 66.9 cm³/mol. The molecule has 2 rings (SSSR count). The standard InChI is InChI=1S/C13H20NS/c1-14(10-6-3-7-11-14)12-15-13-8-4-2-5-9-13/h2,4-5,8-9H,3,6-7,10-12H2,1H3/q+1. The van der Waals surface area contributed by atoms with E-state index in [1.807, 2.05) is 11.8 Å². The Hall–Kier alpha value is -0.470. The van der Waals surface area contributed by atoms with Gasteiger partial charge >= 0.3 is 0 Å². The van der Waals surface area contributed by atoms with Crippen molar-refractivity contribution >= 4 is 11.8 Å².